The number of aromatic amines is 1. The van der Waals surface area contributed by atoms with Crippen LogP contribution in [-0.4, -0.2) is 26.1 Å². The molecule has 0 aliphatic carbocycles. The molecule has 0 spiro atoms. The Hall–Kier alpha value is -3.55. The molecule has 0 saturated heterocycles. The van der Waals surface area contributed by atoms with Gasteiger partial charge in [-0.25, -0.2) is 14.8 Å². The van der Waals surface area contributed by atoms with Crippen molar-refractivity contribution in [3.8, 4) is 0 Å². The highest BCUT2D eigenvalue weighted by molar-refractivity contribution is 6.03. The first-order chi connectivity index (χ1) is 12.9. The van der Waals surface area contributed by atoms with E-state index in [2.05, 4.69) is 20.1 Å². The maximum absolute atomic E-state index is 12.6. The van der Waals surface area contributed by atoms with E-state index in [1.54, 1.807) is 32.0 Å². The zero-order valence-corrected chi connectivity index (χ0v) is 15.0. The lowest BCUT2D eigenvalue weighted by molar-refractivity contribution is 0.0464. The first-order valence-corrected chi connectivity index (χ1v) is 8.33. The van der Waals surface area contributed by atoms with Gasteiger partial charge in [-0.3, -0.25) is 4.79 Å². The molecule has 0 fully saturated rings. The molecule has 1 aromatic carbocycles. The van der Waals surface area contributed by atoms with Crippen molar-refractivity contribution in [1.82, 2.24) is 20.1 Å². The van der Waals surface area contributed by atoms with Crippen molar-refractivity contribution in [2.24, 2.45) is 0 Å². The summed E-state index contributed by atoms with van der Waals surface area (Å²) in [6, 6.07) is 6.99. The van der Waals surface area contributed by atoms with Crippen LogP contribution >= 0.6 is 0 Å². The molecule has 4 rings (SSSR count). The third-order valence-electron chi connectivity index (χ3n) is 4.29. The zero-order valence-electron chi connectivity index (χ0n) is 15.0. The third-order valence-corrected chi connectivity index (χ3v) is 4.29. The number of benzene rings is 1. The molecule has 0 bridgehead atoms. The average molecular weight is 364 g/mol. The van der Waals surface area contributed by atoms with E-state index in [1.165, 1.54) is 0 Å². The summed E-state index contributed by atoms with van der Waals surface area (Å²) in [4.78, 5) is 36.1. The summed E-state index contributed by atoms with van der Waals surface area (Å²) in [6.07, 6.45) is 0. The topological polar surface area (TPSA) is 111 Å². The number of nitrogens with zero attached hydrogens (tertiary/aromatic N) is 3. The standard InChI is InChI=1S/C19H16N4O4/c1-9-5-4-6-12-16(9)21-14(22-17(12)24)8-26-19(25)13-7-10(2)20-18-15(13)11(3)23-27-18/h4-7H,8H2,1-3H3,(H,21,22,24). The van der Waals surface area contributed by atoms with Gasteiger partial charge in [0, 0.05) is 5.69 Å². The average Bonchev–Trinajstić information content (AvgIpc) is 3.00. The highest BCUT2D eigenvalue weighted by Crippen LogP contribution is 2.23. The number of hydrogen-bond donors (Lipinski definition) is 1. The quantitative estimate of drug-likeness (QED) is 0.556. The molecule has 1 N–H and O–H groups in total. The van der Waals surface area contributed by atoms with Gasteiger partial charge in [-0.15, -0.1) is 0 Å². The molecule has 0 aliphatic heterocycles. The molecule has 8 nitrogen and oxygen atoms in total. The molecule has 4 aromatic rings. The van der Waals surface area contributed by atoms with E-state index in [0.29, 0.717) is 33.2 Å². The number of aromatic nitrogens is 4. The number of ether oxygens (including phenoxy) is 1. The maximum Gasteiger partial charge on any atom is 0.339 e. The number of pyridine rings is 1. The summed E-state index contributed by atoms with van der Waals surface area (Å²) in [7, 11) is 0. The molecule has 27 heavy (non-hydrogen) atoms. The number of esters is 1. The SMILES string of the molecule is Cc1cc(C(=O)OCc2nc3c(C)cccc3c(=O)[nH]2)c2c(C)noc2n1. The van der Waals surface area contributed by atoms with E-state index < -0.39 is 5.97 Å². The van der Waals surface area contributed by atoms with E-state index in [9.17, 15) is 9.59 Å². The molecule has 8 heteroatoms. The van der Waals surface area contributed by atoms with Gasteiger partial charge in [-0.2, -0.15) is 0 Å². The largest absolute Gasteiger partial charge is 0.454 e. The maximum atomic E-state index is 12.6. The fraction of sp³-hybridized carbons (Fsp3) is 0.211. The Kier molecular flexibility index (Phi) is 3.95. The van der Waals surface area contributed by atoms with Crippen molar-refractivity contribution in [3.63, 3.8) is 0 Å². The van der Waals surface area contributed by atoms with Gasteiger partial charge >= 0.3 is 5.97 Å². The van der Waals surface area contributed by atoms with Gasteiger partial charge in [0.1, 0.15) is 12.4 Å². The van der Waals surface area contributed by atoms with Gasteiger partial charge < -0.3 is 14.2 Å². The van der Waals surface area contributed by atoms with E-state index in [4.69, 9.17) is 9.26 Å². The summed E-state index contributed by atoms with van der Waals surface area (Å²) >= 11 is 0. The van der Waals surface area contributed by atoms with E-state index in [0.717, 1.165) is 5.56 Å². The number of rotatable bonds is 3. The van der Waals surface area contributed by atoms with Gasteiger partial charge in [0.2, 0.25) is 0 Å². The monoisotopic (exact) mass is 364 g/mol. The van der Waals surface area contributed by atoms with Crippen LogP contribution in [0.4, 0.5) is 0 Å². The Bertz CT molecular complexity index is 1260. The first kappa shape index (κ1) is 16.9. The summed E-state index contributed by atoms with van der Waals surface area (Å²) in [5.41, 5.74) is 2.95. The third kappa shape index (κ3) is 2.95. The number of para-hydroxylation sites is 1. The summed E-state index contributed by atoms with van der Waals surface area (Å²) in [5, 5.41) is 4.86. The van der Waals surface area contributed by atoms with Crippen LogP contribution in [0.15, 0.2) is 33.6 Å². The lowest BCUT2D eigenvalue weighted by Crippen LogP contribution is -2.15. The van der Waals surface area contributed by atoms with Gasteiger partial charge in [-0.1, -0.05) is 17.3 Å². The fourth-order valence-corrected chi connectivity index (χ4v) is 3.01. The summed E-state index contributed by atoms with van der Waals surface area (Å²) < 4.78 is 10.5. The Morgan fingerprint density at radius 3 is 2.85 bits per heavy atom. The fourth-order valence-electron chi connectivity index (χ4n) is 3.01. The highest BCUT2D eigenvalue weighted by Gasteiger charge is 2.19. The molecule has 0 amide bonds. The van der Waals surface area contributed by atoms with Crippen molar-refractivity contribution in [2.45, 2.75) is 27.4 Å². The predicted octanol–water partition coefficient (Wildman–Crippen LogP) is 2.74. The van der Waals surface area contributed by atoms with Crippen LogP contribution in [0.5, 0.6) is 0 Å². The number of fused-ring (bicyclic) bond motifs is 2. The predicted molar refractivity (Wildman–Crippen MR) is 97.5 cm³/mol. The first-order valence-electron chi connectivity index (χ1n) is 8.33. The minimum absolute atomic E-state index is 0.161. The number of hydrogen-bond acceptors (Lipinski definition) is 7. The van der Waals surface area contributed by atoms with Gasteiger partial charge in [0.05, 0.1) is 27.5 Å². The minimum Gasteiger partial charge on any atom is -0.454 e. The van der Waals surface area contributed by atoms with Gasteiger partial charge in [0.25, 0.3) is 11.3 Å². The molecule has 0 aliphatic rings. The van der Waals surface area contributed by atoms with Crippen LogP contribution < -0.4 is 5.56 Å². The van der Waals surface area contributed by atoms with E-state index >= 15 is 0 Å². The Labute approximate surface area is 153 Å². The zero-order chi connectivity index (χ0) is 19.1. The number of H-pyrrole nitrogens is 1. The second-order valence-electron chi connectivity index (χ2n) is 6.32. The van der Waals surface area contributed by atoms with Crippen LogP contribution in [0.1, 0.15) is 33.1 Å². The molecule has 0 atom stereocenters. The summed E-state index contributed by atoms with van der Waals surface area (Å²) in [5.74, 6) is -0.288. The molecular formula is C19H16N4O4. The van der Waals surface area contributed by atoms with Crippen LogP contribution in [0.2, 0.25) is 0 Å². The van der Waals surface area contributed by atoms with Gasteiger partial charge in [-0.05, 0) is 38.5 Å². The molecule has 3 aromatic heterocycles. The van der Waals surface area contributed by atoms with Crippen LogP contribution in [-0.2, 0) is 11.3 Å². The van der Waals surface area contributed by atoms with Crippen LogP contribution in [0, 0.1) is 20.8 Å². The Morgan fingerprint density at radius 2 is 2.04 bits per heavy atom. The van der Waals surface area contributed by atoms with Crippen molar-refractivity contribution in [2.75, 3.05) is 0 Å². The highest BCUT2D eigenvalue weighted by atomic mass is 16.5. The van der Waals surface area contributed by atoms with Crippen molar-refractivity contribution < 1.29 is 14.1 Å². The van der Waals surface area contributed by atoms with Crippen LogP contribution in [0.3, 0.4) is 0 Å². The van der Waals surface area contributed by atoms with E-state index in [-0.39, 0.29) is 23.7 Å². The minimum atomic E-state index is -0.565. The lowest BCUT2D eigenvalue weighted by Gasteiger charge is -2.07. The molecule has 136 valence electrons. The molecular weight excluding hydrogens is 348 g/mol. The van der Waals surface area contributed by atoms with E-state index in [1.807, 2.05) is 13.0 Å². The molecule has 3 heterocycles. The molecule has 0 saturated carbocycles. The van der Waals surface area contributed by atoms with Crippen molar-refractivity contribution >= 4 is 28.0 Å². The van der Waals surface area contributed by atoms with Crippen molar-refractivity contribution in [1.29, 1.82) is 0 Å². The molecule has 0 radical (unpaired) electrons. The number of aryl methyl sites for hydroxylation is 3. The summed E-state index contributed by atoms with van der Waals surface area (Å²) in [6.45, 7) is 5.19. The van der Waals surface area contributed by atoms with Crippen LogP contribution in [0.25, 0.3) is 22.0 Å². The number of nitrogens with one attached hydrogen (secondary N) is 1. The van der Waals surface area contributed by atoms with Gasteiger partial charge in [0.15, 0.2) is 0 Å². The smallest absolute Gasteiger partial charge is 0.339 e. The molecule has 0 unspecified atom stereocenters. The number of carbonyl (C=O) groups is 1. The number of carbonyl (C=O) groups excluding carboxylic acids is 1. The lowest BCUT2D eigenvalue weighted by atomic mass is 10.1. The van der Waals surface area contributed by atoms with Crippen molar-refractivity contribution in [3.05, 3.63) is 63.0 Å². The second-order valence-corrected chi connectivity index (χ2v) is 6.32. The normalized spacial score (nSPS) is 11.2. The Morgan fingerprint density at radius 1 is 1.22 bits per heavy atom. The second kappa shape index (κ2) is 6.31. The Balaban J connectivity index is 1.66.